The summed E-state index contributed by atoms with van der Waals surface area (Å²) in [5, 5.41) is 0. The van der Waals surface area contributed by atoms with Crippen LogP contribution in [-0.2, 0) is 0 Å². The molecular formula is C22H40. The topological polar surface area (TPSA) is 0 Å². The molecule has 3 saturated carbocycles. The minimum Gasteiger partial charge on any atom is -0.0617 e. The highest BCUT2D eigenvalue weighted by molar-refractivity contribution is 5.16. The lowest BCUT2D eigenvalue weighted by atomic mass is 9.49. The van der Waals surface area contributed by atoms with Crippen LogP contribution >= 0.6 is 0 Å². The zero-order chi connectivity index (χ0) is 16.9. The molecule has 6 atom stereocenters. The van der Waals surface area contributed by atoms with Crippen molar-refractivity contribution in [3.8, 4) is 0 Å². The fourth-order valence-electron chi connectivity index (χ4n) is 8.31. The van der Waals surface area contributed by atoms with E-state index in [9.17, 15) is 0 Å². The van der Waals surface area contributed by atoms with Crippen LogP contribution in [0.25, 0.3) is 0 Å². The molecule has 0 aromatic heterocycles. The van der Waals surface area contributed by atoms with Gasteiger partial charge in [0.05, 0.1) is 0 Å². The van der Waals surface area contributed by atoms with Gasteiger partial charge in [-0.25, -0.2) is 0 Å². The summed E-state index contributed by atoms with van der Waals surface area (Å²) in [5.74, 6) is 5.35. The van der Waals surface area contributed by atoms with Crippen molar-refractivity contribution in [3.63, 3.8) is 0 Å². The Morgan fingerprint density at radius 3 is 1.82 bits per heavy atom. The summed E-state index contributed by atoms with van der Waals surface area (Å²) in [6, 6.07) is 0. The molecule has 0 saturated heterocycles. The van der Waals surface area contributed by atoms with Crippen LogP contribution in [0.5, 0.6) is 0 Å². The highest BCUT2D eigenvalue weighted by Crippen LogP contribution is 2.74. The fourth-order valence-corrected chi connectivity index (χ4v) is 8.31. The van der Waals surface area contributed by atoms with Crippen LogP contribution in [0.4, 0.5) is 0 Å². The SMILES string of the molecule is CC1C2C(CC3C(C2(C)C)C(C)(C)C(C)C3(C)C)CC1(C)C. The Morgan fingerprint density at radius 2 is 1.27 bits per heavy atom. The predicted octanol–water partition coefficient (Wildman–Crippen LogP) is 6.65. The molecule has 6 unspecified atom stereocenters. The Labute approximate surface area is 139 Å². The molecule has 0 aromatic rings. The summed E-state index contributed by atoms with van der Waals surface area (Å²) in [5.41, 5.74) is 1.97. The molecule has 0 N–H and O–H groups in total. The van der Waals surface area contributed by atoms with Gasteiger partial charge in [0.25, 0.3) is 0 Å². The molecular weight excluding hydrogens is 264 g/mol. The van der Waals surface area contributed by atoms with Crippen LogP contribution in [-0.4, -0.2) is 0 Å². The van der Waals surface area contributed by atoms with Crippen LogP contribution in [0.3, 0.4) is 0 Å². The third kappa shape index (κ3) is 1.82. The van der Waals surface area contributed by atoms with Crippen molar-refractivity contribution >= 4 is 0 Å². The van der Waals surface area contributed by atoms with Crippen LogP contribution < -0.4 is 0 Å². The van der Waals surface area contributed by atoms with E-state index in [0.717, 1.165) is 35.5 Å². The molecule has 0 heteroatoms. The Morgan fingerprint density at radius 1 is 0.727 bits per heavy atom. The standard InChI is InChI=1S/C22H40/c1-13-17-15(12-19(13,3)4)11-16-18(22(17,9)10)21(7,8)14(2)20(16,5)6/h13-18H,11-12H2,1-10H3. The summed E-state index contributed by atoms with van der Waals surface area (Å²) in [7, 11) is 0. The van der Waals surface area contributed by atoms with Crippen molar-refractivity contribution in [2.45, 2.75) is 82.1 Å². The largest absolute Gasteiger partial charge is 0.0617 e. The van der Waals surface area contributed by atoms with Gasteiger partial charge < -0.3 is 0 Å². The average Bonchev–Trinajstić information content (AvgIpc) is 2.64. The lowest BCUT2D eigenvalue weighted by Gasteiger charge is -2.55. The van der Waals surface area contributed by atoms with Crippen molar-refractivity contribution in [2.24, 2.45) is 57.2 Å². The van der Waals surface area contributed by atoms with Gasteiger partial charge in [-0.3, -0.25) is 0 Å². The highest BCUT2D eigenvalue weighted by atomic mass is 14.7. The van der Waals surface area contributed by atoms with Crippen molar-refractivity contribution in [3.05, 3.63) is 0 Å². The maximum Gasteiger partial charge on any atom is -0.0272 e. The first-order valence-corrected chi connectivity index (χ1v) is 9.75. The van der Waals surface area contributed by atoms with Crippen molar-refractivity contribution in [1.29, 1.82) is 0 Å². The molecule has 0 radical (unpaired) electrons. The molecule has 0 bridgehead atoms. The van der Waals surface area contributed by atoms with Gasteiger partial charge >= 0.3 is 0 Å². The number of fused-ring (bicyclic) bond motifs is 2. The molecule has 0 spiro atoms. The first-order valence-electron chi connectivity index (χ1n) is 9.75. The van der Waals surface area contributed by atoms with Gasteiger partial charge in [0.15, 0.2) is 0 Å². The second-order valence-electron chi connectivity index (χ2n) is 11.8. The lowest BCUT2D eigenvalue weighted by Crippen LogP contribution is -2.50. The second-order valence-corrected chi connectivity index (χ2v) is 11.8. The van der Waals surface area contributed by atoms with Gasteiger partial charge in [-0.1, -0.05) is 69.2 Å². The molecule has 0 aromatic carbocycles. The van der Waals surface area contributed by atoms with Gasteiger partial charge in [-0.05, 0) is 70.0 Å². The Bertz CT molecular complexity index is 464. The van der Waals surface area contributed by atoms with E-state index in [4.69, 9.17) is 0 Å². The molecule has 3 aliphatic carbocycles. The van der Waals surface area contributed by atoms with Gasteiger partial charge in [-0.2, -0.15) is 0 Å². The van der Waals surface area contributed by atoms with Crippen molar-refractivity contribution in [1.82, 2.24) is 0 Å². The summed E-state index contributed by atoms with van der Waals surface area (Å²) >= 11 is 0. The highest BCUT2D eigenvalue weighted by Gasteiger charge is 2.68. The third-order valence-corrected chi connectivity index (χ3v) is 9.68. The van der Waals surface area contributed by atoms with E-state index in [-0.39, 0.29) is 0 Å². The number of hydrogen-bond donors (Lipinski definition) is 0. The first kappa shape index (κ1) is 16.8. The Hall–Kier alpha value is 0. The normalized spacial score (nSPS) is 50.5. The maximum atomic E-state index is 2.63. The van der Waals surface area contributed by atoms with E-state index in [1.165, 1.54) is 12.8 Å². The van der Waals surface area contributed by atoms with E-state index < -0.39 is 0 Å². The van der Waals surface area contributed by atoms with E-state index in [1.54, 1.807) is 0 Å². The molecule has 3 rings (SSSR count). The predicted molar refractivity (Wildman–Crippen MR) is 96.6 cm³/mol. The lowest BCUT2D eigenvalue weighted by molar-refractivity contribution is -0.0748. The zero-order valence-corrected chi connectivity index (χ0v) is 16.9. The third-order valence-electron chi connectivity index (χ3n) is 9.68. The van der Waals surface area contributed by atoms with E-state index in [0.29, 0.717) is 21.7 Å². The van der Waals surface area contributed by atoms with Crippen LogP contribution in [0, 0.1) is 57.2 Å². The molecule has 0 aliphatic heterocycles. The van der Waals surface area contributed by atoms with Crippen LogP contribution in [0.1, 0.15) is 82.1 Å². The summed E-state index contributed by atoms with van der Waals surface area (Å²) in [4.78, 5) is 0. The fraction of sp³-hybridized carbons (Fsp3) is 1.00. The summed E-state index contributed by atoms with van der Waals surface area (Å²) in [6.07, 6.45) is 2.95. The molecule has 0 nitrogen and oxygen atoms in total. The zero-order valence-electron chi connectivity index (χ0n) is 16.9. The monoisotopic (exact) mass is 304 g/mol. The molecule has 3 fully saturated rings. The van der Waals surface area contributed by atoms with E-state index in [1.807, 2.05) is 0 Å². The average molecular weight is 305 g/mol. The molecule has 22 heavy (non-hydrogen) atoms. The first-order chi connectivity index (χ1) is 9.75. The quantitative estimate of drug-likeness (QED) is 0.470. The van der Waals surface area contributed by atoms with Crippen molar-refractivity contribution in [2.75, 3.05) is 0 Å². The van der Waals surface area contributed by atoms with Crippen molar-refractivity contribution < 1.29 is 0 Å². The van der Waals surface area contributed by atoms with E-state index in [2.05, 4.69) is 69.2 Å². The van der Waals surface area contributed by atoms with Gasteiger partial charge in [0.2, 0.25) is 0 Å². The van der Waals surface area contributed by atoms with Crippen LogP contribution in [0.15, 0.2) is 0 Å². The summed E-state index contributed by atoms with van der Waals surface area (Å²) in [6.45, 7) is 25.7. The molecule has 128 valence electrons. The Balaban J connectivity index is 2.09. The maximum absolute atomic E-state index is 2.63. The molecule has 3 aliphatic rings. The minimum atomic E-state index is 0.467. The number of rotatable bonds is 0. The summed E-state index contributed by atoms with van der Waals surface area (Å²) < 4.78 is 0. The van der Waals surface area contributed by atoms with Crippen LogP contribution in [0.2, 0.25) is 0 Å². The smallest absolute Gasteiger partial charge is 0.0272 e. The Kier molecular flexibility index (Phi) is 3.32. The second kappa shape index (κ2) is 4.34. The van der Waals surface area contributed by atoms with E-state index >= 15 is 0 Å². The van der Waals surface area contributed by atoms with Gasteiger partial charge in [0.1, 0.15) is 0 Å². The number of hydrogen-bond acceptors (Lipinski definition) is 0. The van der Waals surface area contributed by atoms with Gasteiger partial charge in [-0.15, -0.1) is 0 Å². The molecule has 0 amide bonds. The molecule has 0 heterocycles. The minimum absolute atomic E-state index is 0.467. The van der Waals surface area contributed by atoms with Gasteiger partial charge in [0, 0.05) is 0 Å².